The lowest BCUT2D eigenvalue weighted by Gasteiger charge is -2.23. The van der Waals surface area contributed by atoms with Gasteiger partial charge in [-0.25, -0.2) is 0 Å². The van der Waals surface area contributed by atoms with Crippen LogP contribution in [0.1, 0.15) is 27.2 Å². The first-order valence-corrected chi connectivity index (χ1v) is 5.84. The molecule has 0 saturated carbocycles. The highest BCUT2D eigenvalue weighted by molar-refractivity contribution is 4.64. The molecule has 0 aliphatic heterocycles. The minimum atomic E-state index is 0.442. The van der Waals surface area contributed by atoms with Crippen molar-refractivity contribution in [2.24, 2.45) is 5.41 Å². The summed E-state index contributed by atoms with van der Waals surface area (Å²) in [5.74, 6) is 0. The van der Waals surface area contributed by atoms with Gasteiger partial charge in [-0.1, -0.05) is 20.8 Å². The van der Waals surface area contributed by atoms with Crippen LogP contribution in [-0.2, 0) is 4.74 Å². The van der Waals surface area contributed by atoms with E-state index in [-0.39, 0.29) is 0 Å². The van der Waals surface area contributed by atoms with E-state index in [2.05, 4.69) is 38.0 Å². The highest BCUT2D eigenvalue weighted by atomic mass is 16.5. The maximum atomic E-state index is 4.96. The summed E-state index contributed by atoms with van der Waals surface area (Å²) in [5, 5.41) is 3.35. The lowest BCUT2D eigenvalue weighted by Crippen LogP contribution is -2.32. The lowest BCUT2D eigenvalue weighted by atomic mass is 9.92. The lowest BCUT2D eigenvalue weighted by molar-refractivity contribution is 0.197. The highest BCUT2D eigenvalue weighted by Gasteiger charge is 2.10. The van der Waals surface area contributed by atoms with Gasteiger partial charge < -0.3 is 15.0 Å². The zero-order valence-electron chi connectivity index (χ0n) is 11.1. The number of methoxy groups -OCH3 is 1. The molecule has 0 atom stereocenters. The molecule has 0 fully saturated rings. The van der Waals surface area contributed by atoms with E-state index in [9.17, 15) is 0 Å². The van der Waals surface area contributed by atoms with Crippen molar-refractivity contribution in [1.29, 1.82) is 0 Å². The minimum Gasteiger partial charge on any atom is -0.383 e. The van der Waals surface area contributed by atoms with Crippen LogP contribution in [-0.4, -0.2) is 51.8 Å². The Morgan fingerprint density at radius 2 is 1.80 bits per heavy atom. The highest BCUT2D eigenvalue weighted by Crippen LogP contribution is 2.18. The van der Waals surface area contributed by atoms with Crippen molar-refractivity contribution in [2.45, 2.75) is 27.2 Å². The van der Waals surface area contributed by atoms with Gasteiger partial charge in [0, 0.05) is 26.7 Å². The number of likely N-dealkylation sites (N-methyl/N-ethyl adjacent to an activating group) is 1. The van der Waals surface area contributed by atoms with E-state index in [4.69, 9.17) is 4.74 Å². The Labute approximate surface area is 95.2 Å². The van der Waals surface area contributed by atoms with Gasteiger partial charge in [0.1, 0.15) is 0 Å². The average Bonchev–Trinajstić information content (AvgIpc) is 2.13. The van der Waals surface area contributed by atoms with Crippen LogP contribution in [0.25, 0.3) is 0 Å². The number of nitrogens with zero attached hydrogens (tertiary/aromatic N) is 1. The number of rotatable bonds is 8. The molecule has 0 bridgehead atoms. The predicted molar refractivity (Wildman–Crippen MR) is 66.3 cm³/mol. The van der Waals surface area contributed by atoms with Crippen molar-refractivity contribution in [3.05, 3.63) is 0 Å². The smallest absolute Gasteiger partial charge is 0.0587 e. The largest absolute Gasteiger partial charge is 0.383 e. The molecule has 0 heterocycles. The van der Waals surface area contributed by atoms with Crippen molar-refractivity contribution in [3.8, 4) is 0 Å². The van der Waals surface area contributed by atoms with E-state index >= 15 is 0 Å². The fourth-order valence-electron chi connectivity index (χ4n) is 1.21. The Balaban J connectivity index is 3.30. The molecule has 3 nitrogen and oxygen atoms in total. The van der Waals surface area contributed by atoms with Gasteiger partial charge in [-0.05, 0) is 25.4 Å². The predicted octanol–water partition coefficient (Wildman–Crippen LogP) is 1.59. The van der Waals surface area contributed by atoms with Gasteiger partial charge in [-0.2, -0.15) is 0 Å². The maximum absolute atomic E-state index is 4.96. The molecular formula is C12H28N2O. The SMILES string of the molecule is COCCNCCN(C)CCC(C)(C)C. The van der Waals surface area contributed by atoms with Crippen molar-refractivity contribution in [1.82, 2.24) is 10.2 Å². The molecule has 3 heteroatoms. The van der Waals surface area contributed by atoms with Crippen LogP contribution in [0, 0.1) is 5.41 Å². The molecule has 0 rings (SSSR count). The van der Waals surface area contributed by atoms with E-state index in [0.29, 0.717) is 5.41 Å². The summed E-state index contributed by atoms with van der Waals surface area (Å²) in [6.07, 6.45) is 1.25. The number of hydrogen-bond donors (Lipinski definition) is 1. The van der Waals surface area contributed by atoms with Gasteiger partial charge in [-0.3, -0.25) is 0 Å². The van der Waals surface area contributed by atoms with Crippen LogP contribution in [0.3, 0.4) is 0 Å². The Kier molecular flexibility index (Phi) is 8.02. The van der Waals surface area contributed by atoms with Crippen molar-refractivity contribution < 1.29 is 4.74 Å². The molecule has 0 radical (unpaired) electrons. The minimum absolute atomic E-state index is 0.442. The van der Waals surface area contributed by atoms with Gasteiger partial charge in [0.2, 0.25) is 0 Å². The fourth-order valence-corrected chi connectivity index (χ4v) is 1.21. The molecule has 1 N–H and O–H groups in total. The molecule has 0 aromatic carbocycles. The average molecular weight is 216 g/mol. The summed E-state index contributed by atoms with van der Waals surface area (Å²) in [4.78, 5) is 2.38. The molecule has 0 spiro atoms. The van der Waals surface area contributed by atoms with E-state index in [1.807, 2.05) is 0 Å². The molecule has 15 heavy (non-hydrogen) atoms. The van der Waals surface area contributed by atoms with E-state index < -0.39 is 0 Å². The van der Waals surface area contributed by atoms with Crippen molar-refractivity contribution >= 4 is 0 Å². The van der Waals surface area contributed by atoms with Crippen LogP contribution >= 0.6 is 0 Å². The number of hydrogen-bond acceptors (Lipinski definition) is 3. The summed E-state index contributed by atoms with van der Waals surface area (Å²) >= 11 is 0. The Hall–Kier alpha value is -0.120. The van der Waals surface area contributed by atoms with Gasteiger partial charge in [-0.15, -0.1) is 0 Å². The van der Waals surface area contributed by atoms with Gasteiger partial charge in [0.25, 0.3) is 0 Å². The third kappa shape index (κ3) is 11.8. The molecule has 0 saturated heterocycles. The standard InChI is InChI=1S/C12H28N2O/c1-12(2,3)6-9-14(4)10-7-13-8-11-15-5/h13H,6-11H2,1-5H3. The Morgan fingerprint density at radius 1 is 1.13 bits per heavy atom. The zero-order valence-corrected chi connectivity index (χ0v) is 11.1. The fraction of sp³-hybridized carbons (Fsp3) is 1.00. The second-order valence-electron chi connectivity index (χ2n) is 5.36. The topological polar surface area (TPSA) is 24.5 Å². The van der Waals surface area contributed by atoms with E-state index in [0.717, 1.165) is 26.2 Å². The molecule has 0 aliphatic carbocycles. The molecular weight excluding hydrogens is 188 g/mol. The first-order valence-electron chi connectivity index (χ1n) is 5.84. The summed E-state index contributed by atoms with van der Waals surface area (Å²) < 4.78 is 4.96. The summed E-state index contributed by atoms with van der Waals surface area (Å²) in [5.41, 5.74) is 0.442. The van der Waals surface area contributed by atoms with Gasteiger partial charge in [0.05, 0.1) is 6.61 Å². The quantitative estimate of drug-likeness (QED) is 0.624. The monoisotopic (exact) mass is 216 g/mol. The van der Waals surface area contributed by atoms with E-state index in [1.165, 1.54) is 13.0 Å². The second-order valence-corrected chi connectivity index (χ2v) is 5.36. The molecule has 0 aromatic heterocycles. The Bertz CT molecular complexity index is 143. The normalized spacial score (nSPS) is 12.4. The molecule has 92 valence electrons. The first-order chi connectivity index (χ1) is 6.95. The van der Waals surface area contributed by atoms with E-state index in [1.54, 1.807) is 7.11 Å². The third-order valence-electron chi connectivity index (χ3n) is 2.40. The second kappa shape index (κ2) is 8.08. The molecule has 0 aromatic rings. The van der Waals surface area contributed by atoms with Gasteiger partial charge >= 0.3 is 0 Å². The van der Waals surface area contributed by atoms with Crippen LogP contribution in [0.15, 0.2) is 0 Å². The molecule has 0 aliphatic rings. The number of ether oxygens (including phenoxy) is 1. The third-order valence-corrected chi connectivity index (χ3v) is 2.40. The molecule has 0 amide bonds. The maximum Gasteiger partial charge on any atom is 0.0587 e. The van der Waals surface area contributed by atoms with Crippen LogP contribution < -0.4 is 5.32 Å². The molecule has 0 unspecified atom stereocenters. The van der Waals surface area contributed by atoms with Crippen LogP contribution in [0.5, 0.6) is 0 Å². The Morgan fingerprint density at radius 3 is 2.33 bits per heavy atom. The van der Waals surface area contributed by atoms with Crippen LogP contribution in [0.2, 0.25) is 0 Å². The summed E-state index contributed by atoms with van der Waals surface area (Å²) in [7, 11) is 3.92. The number of nitrogens with one attached hydrogen (secondary N) is 1. The van der Waals surface area contributed by atoms with Crippen molar-refractivity contribution in [2.75, 3.05) is 46.9 Å². The first kappa shape index (κ1) is 14.9. The van der Waals surface area contributed by atoms with Crippen LogP contribution in [0.4, 0.5) is 0 Å². The summed E-state index contributed by atoms with van der Waals surface area (Å²) in [6, 6.07) is 0. The van der Waals surface area contributed by atoms with Crippen molar-refractivity contribution in [3.63, 3.8) is 0 Å². The zero-order chi connectivity index (χ0) is 11.7. The van der Waals surface area contributed by atoms with Gasteiger partial charge in [0.15, 0.2) is 0 Å². The summed E-state index contributed by atoms with van der Waals surface area (Å²) in [6.45, 7) is 11.9.